The molecule has 0 radical (unpaired) electrons. The fraction of sp³-hybridized carbons (Fsp3) is 0.231. The van der Waals surface area contributed by atoms with Crippen molar-refractivity contribution >= 4 is 17.3 Å². The van der Waals surface area contributed by atoms with Crippen LogP contribution in [0.3, 0.4) is 0 Å². The Morgan fingerprint density at radius 1 is 1.35 bits per heavy atom. The van der Waals surface area contributed by atoms with Crippen LogP contribution in [0.5, 0.6) is 0 Å². The van der Waals surface area contributed by atoms with Crippen molar-refractivity contribution in [3.05, 3.63) is 42.4 Å². The van der Waals surface area contributed by atoms with Gasteiger partial charge in [-0.25, -0.2) is 9.97 Å². The van der Waals surface area contributed by atoms with Gasteiger partial charge in [0.15, 0.2) is 5.16 Å². The zero-order valence-electron chi connectivity index (χ0n) is 10.9. The molecule has 0 bridgehead atoms. The molecule has 0 spiro atoms. The third-order valence-corrected chi connectivity index (χ3v) is 3.73. The van der Waals surface area contributed by atoms with Gasteiger partial charge < -0.3 is 4.57 Å². The lowest BCUT2D eigenvalue weighted by atomic mass is 10.3. The molecule has 0 saturated carbocycles. The summed E-state index contributed by atoms with van der Waals surface area (Å²) in [6.07, 6.45) is -1.51. The lowest BCUT2D eigenvalue weighted by Crippen LogP contribution is -2.08. The van der Waals surface area contributed by atoms with Crippen molar-refractivity contribution in [3.8, 4) is 0 Å². The second-order valence-electron chi connectivity index (χ2n) is 4.22. The van der Waals surface area contributed by atoms with Gasteiger partial charge in [0.2, 0.25) is 0 Å². The summed E-state index contributed by atoms with van der Waals surface area (Å²) in [6.45, 7) is 5.61. The molecule has 2 heterocycles. The second-order valence-corrected chi connectivity index (χ2v) is 5.18. The Morgan fingerprint density at radius 3 is 2.60 bits per heavy atom. The van der Waals surface area contributed by atoms with E-state index in [-0.39, 0.29) is 5.03 Å². The molecule has 0 aromatic carbocycles. The van der Waals surface area contributed by atoms with Crippen molar-refractivity contribution in [2.45, 2.75) is 23.3 Å². The summed E-state index contributed by atoms with van der Waals surface area (Å²) in [4.78, 5) is 7.92. The number of hydrogen-bond acceptors (Lipinski definition) is 3. The molecule has 0 aliphatic rings. The first kappa shape index (κ1) is 14.6. The number of hydrogen-bond donors (Lipinski definition) is 0. The molecule has 106 valence electrons. The Morgan fingerprint density at radius 2 is 2.05 bits per heavy atom. The van der Waals surface area contributed by atoms with Gasteiger partial charge in [-0.2, -0.15) is 13.2 Å². The van der Waals surface area contributed by atoms with Crippen molar-refractivity contribution in [3.63, 3.8) is 0 Å². The van der Waals surface area contributed by atoms with E-state index in [1.807, 2.05) is 6.92 Å². The minimum absolute atomic E-state index is 0.109. The molecule has 2 rings (SSSR count). The van der Waals surface area contributed by atoms with Gasteiger partial charge in [0.1, 0.15) is 5.03 Å². The van der Waals surface area contributed by atoms with Crippen molar-refractivity contribution in [1.82, 2.24) is 14.5 Å². The van der Waals surface area contributed by atoms with E-state index in [4.69, 9.17) is 0 Å². The zero-order chi connectivity index (χ0) is 14.9. The number of pyridine rings is 1. The second kappa shape index (κ2) is 5.32. The van der Waals surface area contributed by atoms with Crippen LogP contribution in [0.4, 0.5) is 13.2 Å². The number of aromatic nitrogens is 3. The van der Waals surface area contributed by atoms with Gasteiger partial charge in [0.05, 0.1) is 17.5 Å². The maximum atomic E-state index is 12.9. The molecule has 0 aliphatic heterocycles. The van der Waals surface area contributed by atoms with Crippen molar-refractivity contribution in [1.29, 1.82) is 0 Å². The molecule has 0 amide bonds. The Hall–Kier alpha value is -1.76. The highest BCUT2D eigenvalue weighted by atomic mass is 32.2. The Balaban J connectivity index is 2.39. The molecule has 0 atom stereocenters. The van der Waals surface area contributed by atoms with Gasteiger partial charge in [-0.05, 0) is 36.4 Å². The minimum Gasteiger partial charge on any atom is -0.322 e. The molecule has 3 nitrogen and oxygen atoms in total. The first-order valence-corrected chi connectivity index (χ1v) is 6.50. The van der Waals surface area contributed by atoms with Gasteiger partial charge in [-0.1, -0.05) is 6.58 Å². The maximum Gasteiger partial charge on any atom is 0.419 e. The summed E-state index contributed by atoms with van der Waals surface area (Å²) in [5, 5.41) is 0.328. The fourth-order valence-corrected chi connectivity index (χ4v) is 2.58. The van der Waals surface area contributed by atoms with Crippen molar-refractivity contribution in [2.24, 2.45) is 7.05 Å². The normalized spacial score (nSPS) is 11.7. The fourth-order valence-electron chi connectivity index (χ4n) is 1.66. The summed E-state index contributed by atoms with van der Waals surface area (Å²) in [6, 6.07) is 2.28. The molecule has 0 N–H and O–H groups in total. The lowest BCUT2D eigenvalue weighted by Gasteiger charge is -2.11. The first-order chi connectivity index (χ1) is 9.30. The summed E-state index contributed by atoms with van der Waals surface area (Å²) >= 11 is 0.886. The monoisotopic (exact) mass is 299 g/mol. The Labute approximate surface area is 118 Å². The highest BCUT2D eigenvalue weighted by molar-refractivity contribution is 7.99. The van der Waals surface area contributed by atoms with Crippen LogP contribution in [-0.4, -0.2) is 14.5 Å². The number of rotatable bonds is 3. The molecule has 0 unspecified atom stereocenters. The van der Waals surface area contributed by atoms with E-state index in [9.17, 15) is 13.2 Å². The maximum absolute atomic E-state index is 12.9. The SMILES string of the molecule is C=C(C)c1cnc(Sc2ncccc2C(F)(F)F)n1C. The van der Waals surface area contributed by atoms with Crippen LogP contribution in [0.25, 0.3) is 5.57 Å². The summed E-state index contributed by atoms with van der Waals surface area (Å²) < 4.78 is 40.4. The van der Waals surface area contributed by atoms with E-state index < -0.39 is 11.7 Å². The smallest absolute Gasteiger partial charge is 0.322 e. The summed E-state index contributed by atoms with van der Waals surface area (Å²) in [7, 11) is 1.73. The lowest BCUT2D eigenvalue weighted by molar-refractivity contribution is -0.140. The van der Waals surface area contributed by atoms with Crippen LogP contribution in [-0.2, 0) is 13.2 Å². The van der Waals surface area contributed by atoms with Crippen molar-refractivity contribution in [2.75, 3.05) is 0 Å². The van der Waals surface area contributed by atoms with Gasteiger partial charge in [-0.15, -0.1) is 0 Å². The highest BCUT2D eigenvalue weighted by Gasteiger charge is 2.34. The van der Waals surface area contributed by atoms with Crippen molar-refractivity contribution < 1.29 is 13.2 Å². The predicted molar refractivity (Wildman–Crippen MR) is 71.3 cm³/mol. The molecule has 20 heavy (non-hydrogen) atoms. The first-order valence-electron chi connectivity index (χ1n) is 5.68. The topological polar surface area (TPSA) is 30.7 Å². The van der Waals surface area contributed by atoms with Crippen LogP contribution in [0.2, 0.25) is 0 Å². The van der Waals surface area contributed by atoms with Gasteiger partial charge in [0, 0.05) is 13.2 Å². The number of nitrogens with zero attached hydrogens (tertiary/aromatic N) is 3. The summed E-state index contributed by atoms with van der Waals surface area (Å²) in [5.74, 6) is 0. The average Bonchev–Trinajstić information content (AvgIpc) is 2.70. The van der Waals surface area contributed by atoms with Crippen LogP contribution >= 0.6 is 11.8 Å². The van der Waals surface area contributed by atoms with Gasteiger partial charge in [-0.3, -0.25) is 0 Å². The largest absolute Gasteiger partial charge is 0.419 e. The van der Waals surface area contributed by atoms with E-state index in [1.54, 1.807) is 17.8 Å². The highest BCUT2D eigenvalue weighted by Crippen LogP contribution is 2.37. The van der Waals surface area contributed by atoms with E-state index in [0.717, 1.165) is 29.1 Å². The molecule has 0 saturated heterocycles. The molecule has 0 fully saturated rings. The minimum atomic E-state index is -4.43. The number of imidazole rings is 1. The Kier molecular flexibility index (Phi) is 3.89. The molecular weight excluding hydrogens is 287 g/mol. The third kappa shape index (κ3) is 2.87. The van der Waals surface area contributed by atoms with E-state index in [2.05, 4.69) is 16.5 Å². The molecule has 2 aromatic rings. The quantitative estimate of drug-likeness (QED) is 0.857. The van der Waals surface area contributed by atoms with Crippen LogP contribution < -0.4 is 0 Å². The van der Waals surface area contributed by atoms with Gasteiger partial charge >= 0.3 is 6.18 Å². The predicted octanol–water partition coefficient (Wildman–Crippen LogP) is 4.02. The standard InChI is InChI=1S/C13H12F3N3S/c1-8(2)10-7-18-12(19(10)3)20-11-9(13(14,15)16)5-4-6-17-11/h4-7H,1H2,2-3H3. The number of alkyl halides is 3. The van der Waals surface area contributed by atoms with Crippen LogP contribution in [0, 0.1) is 0 Å². The van der Waals surface area contributed by atoms with Crippen LogP contribution in [0.15, 0.2) is 41.3 Å². The third-order valence-electron chi connectivity index (χ3n) is 2.65. The molecule has 2 aromatic heterocycles. The van der Waals surface area contributed by atoms with Crippen LogP contribution in [0.1, 0.15) is 18.2 Å². The molecule has 0 aliphatic carbocycles. The Bertz CT molecular complexity index is 647. The molecule has 7 heteroatoms. The zero-order valence-corrected chi connectivity index (χ0v) is 11.7. The van der Waals surface area contributed by atoms with Gasteiger partial charge in [0.25, 0.3) is 0 Å². The van der Waals surface area contributed by atoms with E-state index in [0.29, 0.717) is 5.16 Å². The molecular formula is C13H12F3N3S. The van der Waals surface area contributed by atoms with E-state index >= 15 is 0 Å². The average molecular weight is 299 g/mol. The summed E-state index contributed by atoms with van der Waals surface area (Å²) in [5.41, 5.74) is 0.811. The number of halogens is 3. The number of allylic oxidation sites excluding steroid dienone is 1. The van der Waals surface area contributed by atoms with E-state index in [1.165, 1.54) is 12.3 Å².